The molecule has 156 valence electrons. The van der Waals surface area contributed by atoms with Crippen molar-refractivity contribution in [1.29, 1.82) is 0 Å². The minimum absolute atomic E-state index is 0.177. The highest BCUT2D eigenvalue weighted by molar-refractivity contribution is 5.94. The molecule has 0 bridgehead atoms. The zero-order valence-corrected chi connectivity index (χ0v) is 18.0. The van der Waals surface area contributed by atoms with Gasteiger partial charge in [0.1, 0.15) is 0 Å². The lowest BCUT2D eigenvalue weighted by atomic mass is 9.90. The Morgan fingerprint density at radius 3 is 2.57 bits per heavy atom. The van der Waals surface area contributed by atoms with Crippen LogP contribution in [0.3, 0.4) is 0 Å². The monoisotopic (exact) mass is 400 g/mol. The molecule has 2 aliphatic heterocycles. The van der Waals surface area contributed by atoms with Gasteiger partial charge in [0.25, 0.3) is 5.91 Å². The van der Waals surface area contributed by atoms with Crippen molar-refractivity contribution in [2.45, 2.75) is 38.6 Å². The van der Waals surface area contributed by atoms with E-state index in [1.807, 2.05) is 30.3 Å². The molecule has 30 heavy (non-hydrogen) atoms. The summed E-state index contributed by atoms with van der Waals surface area (Å²) in [6.45, 7) is 6.51. The maximum Gasteiger partial charge on any atom is 0.253 e. The Bertz CT molecular complexity index is 918. The fourth-order valence-corrected chi connectivity index (χ4v) is 5.61. The van der Waals surface area contributed by atoms with Gasteiger partial charge in [0.05, 0.1) is 0 Å². The van der Waals surface area contributed by atoms with E-state index in [0.717, 1.165) is 37.5 Å². The number of amides is 1. The summed E-state index contributed by atoms with van der Waals surface area (Å²) >= 11 is 0. The van der Waals surface area contributed by atoms with Crippen LogP contribution in [-0.2, 0) is 6.42 Å². The molecule has 1 amide bonds. The molecule has 2 saturated heterocycles. The average molecular weight is 401 g/mol. The van der Waals surface area contributed by atoms with Gasteiger partial charge in [0.2, 0.25) is 0 Å². The van der Waals surface area contributed by atoms with Gasteiger partial charge in [-0.05, 0) is 73.9 Å². The van der Waals surface area contributed by atoms with Crippen molar-refractivity contribution in [2.24, 2.45) is 11.8 Å². The predicted octanol–water partition coefficient (Wildman–Crippen LogP) is 4.89. The van der Waals surface area contributed by atoms with Gasteiger partial charge in [0.15, 0.2) is 0 Å². The minimum atomic E-state index is 0.177. The number of carbonyl (C=O) groups is 1. The smallest absolute Gasteiger partial charge is 0.253 e. The van der Waals surface area contributed by atoms with Gasteiger partial charge in [-0.2, -0.15) is 0 Å². The zero-order valence-electron chi connectivity index (χ0n) is 18.0. The largest absolute Gasteiger partial charge is 0.338 e. The molecule has 0 radical (unpaired) electrons. The number of allylic oxidation sites excluding steroid dienone is 1. The van der Waals surface area contributed by atoms with Crippen LogP contribution in [0, 0.1) is 11.8 Å². The first kappa shape index (κ1) is 19.6. The quantitative estimate of drug-likeness (QED) is 0.713. The molecule has 0 saturated carbocycles. The third-order valence-corrected chi connectivity index (χ3v) is 7.45. The molecule has 3 nitrogen and oxygen atoms in total. The third-order valence-electron chi connectivity index (χ3n) is 7.45. The second kappa shape index (κ2) is 8.39. The lowest BCUT2D eigenvalue weighted by Gasteiger charge is -2.21. The van der Waals surface area contributed by atoms with Crippen molar-refractivity contribution < 1.29 is 4.79 Å². The molecule has 0 N–H and O–H groups in total. The number of fused-ring (bicyclic) bond motifs is 1. The van der Waals surface area contributed by atoms with E-state index in [1.165, 1.54) is 42.6 Å². The zero-order chi connectivity index (χ0) is 20.5. The molecular formula is C27H32N2O. The highest BCUT2D eigenvalue weighted by atomic mass is 16.2. The Morgan fingerprint density at radius 1 is 1.03 bits per heavy atom. The van der Waals surface area contributed by atoms with Gasteiger partial charge >= 0.3 is 0 Å². The van der Waals surface area contributed by atoms with E-state index in [2.05, 4.69) is 47.1 Å². The van der Waals surface area contributed by atoms with Crippen molar-refractivity contribution >= 4 is 11.5 Å². The first-order valence-electron chi connectivity index (χ1n) is 11.6. The van der Waals surface area contributed by atoms with Crippen LogP contribution in [0.15, 0.2) is 60.7 Å². The number of likely N-dealkylation sites (tertiary alicyclic amines) is 2. The van der Waals surface area contributed by atoms with Gasteiger partial charge in [0, 0.05) is 37.2 Å². The van der Waals surface area contributed by atoms with Gasteiger partial charge in [-0.3, -0.25) is 4.79 Å². The van der Waals surface area contributed by atoms with Crippen molar-refractivity contribution in [2.75, 3.05) is 26.2 Å². The standard InChI is InChI=1S/C27H32N2O/c1-20-6-5-16-28(20)17-15-21-9-11-22(12-10-21)25-14-13-24-18-29(19-26(24)25)27(30)23-7-3-2-4-8-23/h2-4,7-12,14,20,24,26H,5-6,13,15-19H2,1H3/t20-,24-,26+/m1/s1. The second-order valence-corrected chi connectivity index (χ2v) is 9.31. The van der Waals surface area contributed by atoms with E-state index >= 15 is 0 Å². The molecule has 5 rings (SSSR count). The highest BCUT2D eigenvalue weighted by Gasteiger charge is 2.40. The molecule has 2 aromatic rings. The second-order valence-electron chi connectivity index (χ2n) is 9.31. The fourth-order valence-electron chi connectivity index (χ4n) is 5.61. The van der Waals surface area contributed by atoms with Crippen molar-refractivity contribution in [3.05, 3.63) is 77.4 Å². The summed E-state index contributed by atoms with van der Waals surface area (Å²) in [5.41, 5.74) is 5.03. The molecule has 3 aliphatic rings. The van der Waals surface area contributed by atoms with Crippen LogP contribution >= 0.6 is 0 Å². The van der Waals surface area contributed by atoms with Gasteiger partial charge in [-0.15, -0.1) is 0 Å². The average Bonchev–Trinajstić information content (AvgIpc) is 3.49. The topological polar surface area (TPSA) is 23.6 Å². The first-order valence-corrected chi connectivity index (χ1v) is 11.6. The summed E-state index contributed by atoms with van der Waals surface area (Å²) in [5, 5.41) is 0. The lowest BCUT2D eigenvalue weighted by Crippen LogP contribution is -2.29. The molecule has 2 aromatic carbocycles. The molecule has 3 heteroatoms. The van der Waals surface area contributed by atoms with Crippen molar-refractivity contribution in [3.63, 3.8) is 0 Å². The highest BCUT2D eigenvalue weighted by Crippen LogP contribution is 2.43. The van der Waals surface area contributed by atoms with Gasteiger partial charge in [-0.1, -0.05) is 48.5 Å². The lowest BCUT2D eigenvalue weighted by molar-refractivity contribution is 0.0785. The number of carbonyl (C=O) groups excluding carboxylic acids is 1. The van der Waals surface area contributed by atoms with Crippen molar-refractivity contribution in [3.8, 4) is 0 Å². The van der Waals surface area contributed by atoms with Crippen LogP contribution in [-0.4, -0.2) is 47.9 Å². The number of hydrogen-bond donors (Lipinski definition) is 0. The maximum atomic E-state index is 12.9. The van der Waals surface area contributed by atoms with Gasteiger partial charge in [-0.25, -0.2) is 0 Å². The number of hydrogen-bond acceptors (Lipinski definition) is 2. The summed E-state index contributed by atoms with van der Waals surface area (Å²) in [4.78, 5) is 17.6. The Balaban J connectivity index is 1.22. The summed E-state index contributed by atoms with van der Waals surface area (Å²) in [5.74, 6) is 1.23. The summed E-state index contributed by atoms with van der Waals surface area (Å²) < 4.78 is 0. The molecule has 0 unspecified atom stereocenters. The Hall–Kier alpha value is -2.39. The Labute approximate surface area is 180 Å². The molecule has 2 fully saturated rings. The molecule has 0 spiro atoms. The SMILES string of the molecule is C[C@@H]1CCCN1CCc1ccc(C2=CC[C@@H]3CN(C(=O)c4ccccc4)C[C@H]23)cc1. The molecular weight excluding hydrogens is 368 g/mol. The van der Waals surface area contributed by atoms with Crippen LogP contribution in [0.4, 0.5) is 0 Å². The third kappa shape index (κ3) is 3.83. The summed E-state index contributed by atoms with van der Waals surface area (Å²) in [7, 11) is 0. The molecule has 2 heterocycles. The Kier molecular flexibility index (Phi) is 5.47. The normalized spacial score (nSPS) is 26.1. The van der Waals surface area contributed by atoms with Gasteiger partial charge < -0.3 is 9.80 Å². The number of benzene rings is 2. The van der Waals surface area contributed by atoms with Crippen molar-refractivity contribution in [1.82, 2.24) is 9.80 Å². The van der Waals surface area contributed by atoms with Crippen LogP contribution in [0.2, 0.25) is 0 Å². The fraction of sp³-hybridized carbons (Fsp3) is 0.444. The summed E-state index contributed by atoms with van der Waals surface area (Å²) in [6, 6.07) is 19.7. The van der Waals surface area contributed by atoms with E-state index in [1.54, 1.807) is 0 Å². The van der Waals surface area contributed by atoms with Crippen LogP contribution in [0.5, 0.6) is 0 Å². The summed E-state index contributed by atoms with van der Waals surface area (Å²) in [6.07, 6.45) is 7.34. The number of nitrogens with zero attached hydrogens (tertiary/aromatic N) is 2. The van der Waals surface area contributed by atoms with E-state index in [0.29, 0.717) is 11.8 Å². The molecule has 0 aromatic heterocycles. The van der Waals surface area contributed by atoms with E-state index in [4.69, 9.17) is 0 Å². The Morgan fingerprint density at radius 2 is 1.83 bits per heavy atom. The van der Waals surface area contributed by atoms with Crippen LogP contribution < -0.4 is 0 Å². The maximum absolute atomic E-state index is 12.9. The van der Waals surface area contributed by atoms with E-state index in [-0.39, 0.29) is 5.91 Å². The van der Waals surface area contributed by atoms with Crippen LogP contribution in [0.25, 0.3) is 5.57 Å². The van der Waals surface area contributed by atoms with E-state index in [9.17, 15) is 4.79 Å². The van der Waals surface area contributed by atoms with Crippen LogP contribution in [0.1, 0.15) is 47.7 Å². The molecule has 3 atom stereocenters. The predicted molar refractivity (Wildman–Crippen MR) is 122 cm³/mol. The first-order chi connectivity index (χ1) is 14.7. The van der Waals surface area contributed by atoms with E-state index < -0.39 is 0 Å². The number of rotatable bonds is 5. The molecule has 1 aliphatic carbocycles. The minimum Gasteiger partial charge on any atom is -0.338 e.